The van der Waals surface area contributed by atoms with Crippen molar-refractivity contribution in [2.45, 2.75) is 39.1 Å². The van der Waals surface area contributed by atoms with Crippen LogP contribution in [0, 0.1) is 11.2 Å². The molecule has 0 amide bonds. The summed E-state index contributed by atoms with van der Waals surface area (Å²) in [4.78, 5) is 13.6. The lowest BCUT2D eigenvalue weighted by Gasteiger charge is -2.16. The number of nitrogens with zero attached hydrogens (tertiary/aromatic N) is 2. The molecule has 1 heterocycles. The number of aromatic nitrogens is 2. The van der Waals surface area contributed by atoms with Crippen molar-refractivity contribution >= 4 is 17.5 Å². The number of thioether (sulfide) groups is 1. The molecule has 0 radical (unpaired) electrons. The number of hydrogen-bond donors (Lipinski definition) is 0. The summed E-state index contributed by atoms with van der Waals surface area (Å²) < 4.78 is 21.3. The lowest BCUT2D eigenvalue weighted by molar-refractivity contribution is -0.128. The van der Waals surface area contributed by atoms with Crippen LogP contribution in [-0.4, -0.2) is 28.4 Å². The highest BCUT2D eigenvalue weighted by molar-refractivity contribution is 7.98. The molecule has 0 aliphatic rings. The van der Waals surface area contributed by atoms with Gasteiger partial charge in [-0.2, -0.15) is 0 Å². The Morgan fingerprint density at radius 2 is 1.67 bits per heavy atom. The van der Waals surface area contributed by atoms with Crippen molar-refractivity contribution in [1.29, 1.82) is 0 Å². The minimum Gasteiger partial charge on any atom is -0.468 e. The summed E-state index contributed by atoms with van der Waals surface area (Å²) in [5.41, 5.74) is 2.93. The highest BCUT2D eigenvalue weighted by atomic mass is 32.2. The Kier molecular flexibility index (Phi) is 6.66. The first-order valence-corrected chi connectivity index (χ1v) is 11.1. The normalized spacial score (nSPS) is 11.5. The molecule has 0 saturated heterocycles. The lowest BCUT2D eigenvalue weighted by atomic mass is 9.91. The molecule has 6 heteroatoms. The summed E-state index contributed by atoms with van der Waals surface area (Å²) in [6, 6.07) is 14.5. The largest absolute Gasteiger partial charge is 0.468 e. The van der Waals surface area contributed by atoms with Crippen LogP contribution in [0.1, 0.15) is 27.7 Å². The van der Waals surface area contributed by atoms with Crippen LogP contribution >= 0.6 is 11.8 Å². The van der Waals surface area contributed by atoms with E-state index in [0.717, 1.165) is 27.3 Å². The summed E-state index contributed by atoms with van der Waals surface area (Å²) in [7, 11) is 0. The minimum absolute atomic E-state index is 0.000520. The van der Waals surface area contributed by atoms with Crippen LogP contribution in [0.5, 0.6) is 5.88 Å². The molecular formula is C24H27FN2O2S. The third-order valence-electron chi connectivity index (χ3n) is 4.89. The Balaban J connectivity index is 2.13. The third-order valence-corrected chi connectivity index (χ3v) is 5.64. The van der Waals surface area contributed by atoms with E-state index in [4.69, 9.17) is 4.74 Å². The first-order chi connectivity index (χ1) is 14.2. The fourth-order valence-corrected chi connectivity index (χ4v) is 3.45. The van der Waals surface area contributed by atoms with E-state index in [0.29, 0.717) is 12.4 Å². The molecule has 0 aliphatic carbocycles. The Morgan fingerprint density at radius 3 is 2.20 bits per heavy atom. The van der Waals surface area contributed by atoms with Crippen LogP contribution in [0.25, 0.3) is 22.4 Å². The second-order valence-corrected chi connectivity index (χ2v) is 8.92. The van der Waals surface area contributed by atoms with E-state index in [1.165, 1.54) is 12.1 Å². The summed E-state index contributed by atoms with van der Waals surface area (Å²) in [5, 5.41) is 4.64. The Morgan fingerprint density at radius 1 is 1.07 bits per heavy atom. The van der Waals surface area contributed by atoms with Crippen molar-refractivity contribution in [2.75, 3.05) is 12.9 Å². The molecule has 0 N–H and O–H groups in total. The van der Waals surface area contributed by atoms with Gasteiger partial charge in [0, 0.05) is 22.4 Å². The van der Waals surface area contributed by atoms with E-state index in [1.54, 1.807) is 23.9 Å². The number of rotatable bonds is 7. The standard InChI is InChI=1S/C24H27FN2O2S/c1-6-27-22(17-7-11-18(25)12-8-17)21(16-9-13-19(30-5)14-10-16)23(26-27)29-15-20(28)24(2,3)4/h7-14H,6,15H2,1-5H3. The van der Waals surface area contributed by atoms with Crippen LogP contribution < -0.4 is 4.74 Å². The van der Waals surface area contributed by atoms with Gasteiger partial charge in [-0.15, -0.1) is 16.9 Å². The van der Waals surface area contributed by atoms with Gasteiger partial charge in [0.25, 0.3) is 0 Å². The van der Waals surface area contributed by atoms with Gasteiger partial charge in [-0.05, 0) is 55.1 Å². The van der Waals surface area contributed by atoms with Crippen molar-refractivity contribution in [3.63, 3.8) is 0 Å². The zero-order chi connectivity index (χ0) is 21.9. The second-order valence-electron chi connectivity index (χ2n) is 8.04. The molecule has 2 aromatic carbocycles. The molecule has 158 valence electrons. The Hall–Kier alpha value is -2.60. The van der Waals surface area contributed by atoms with Crippen LogP contribution in [0.2, 0.25) is 0 Å². The van der Waals surface area contributed by atoms with Crippen molar-refractivity contribution in [3.8, 4) is 28.3 Å². The zero-order valence-electron chi connectivity index (χ0n) is 18.0. The lowest BCUT2D eigenvalue weighted by Crippen LogP contribution is -2.26. The quantitative estimate of drug-likeness (QED) is 0.429. The monoisotopic (exact) mass is 426 g/mol. The predicted octanol–water partition coefficient (Wildman–Crippen LogP) is 6.09. The molecule has 30 heavy (non-hydrogen) atoms. The van der Waals surface area contributed by atoms with Gasteiger partial charge in [-0.25, -0.2) is 4.39 Å². The maximum absolute atomic E-state index is 13.5. The fourth-order valence-electron chi connectivity index (χ4n) is 3.04. The maximum Gasteiger partial charge on any atom is 0.241 e. The number of aryl methyl sites for hydroxylation is 1. The van der Waals surface area contributed by atoms with Gasteiger partial charge in [0.1, 0.15) is 12.4 Å². The van der Waals surface area contributed by atoms with Crippen molar-refractivity contribution in [2.24, 2.45) is 5.41 Å². The van der Waals surface area contributed by atoms with E-state index in [1.807, 2.05) is 62.9 Å². The highest BCUT2D eigenvalue weighted by Gasteiger charge is 2.25. The molecule has 0 aliphatic heterocycles. The number of carbonyl (C=O) groups excluding carboxylic acids is 1. The predicted molar refractivity (Wildman–Crippen MR) is 120 cm³/mol. The molecule has 3 rings (SSSR count). The van der Waals surface area contributed by atoms with Crippen molar-refractivity contribution in [1.82, 2.24) is 9.78 Å². The first-order valence-electron chi connectivity index (χ1n) is 9.92. The second kappa shape index (κ2) is 9.04. The van der Waals surface area contributed by atoms with E-state index < -0.39 is 5.41 Å². The highest BCUT2D eigenvalue weighted by Crippen LogP contribution is 2.40. The van der Waals surface area contributed by atoms with E-state index in [-0.39, 0.29) is 18.2 Å². The van der Waals surface area contributed by atoms with Gasteiger partial charge in [0.15, 0.2) is 5.78 Å². The fraction of sp³-hybridized carbons (Fsp3) is 0.333. The van der Waals surface area contributed by atoms with Crippen LogP contribution in [-0.2, 0) is 11.3 Å². The molecule has 4 nitrogen and oxygen atoms in total. The Bertz CT molecular complexity index is 1020. The minimum atomic E-state index is -0.493. The summed E-state index contributed by atoms with van der Waals surface area (Å²) in [6.45, 7) is 8.16. The van der Waals surface area contributed by atoms with Crippen LogP contribution in [0.4, 0.5) is 4.39 Å². The smallest absolute Gasteiger partial charge is 0.241 e. The SMILES string of the molecule is CCn1nc(OCC(=O)C(C)(C)C)c(-c2ccc(SC)cc2)c1-c1ccc(F)cc1. The summed E-state index contributed by atoms with van der Waals surface area (Å²) in [5.74, 6) is 0.116. The molecule has 0 bridgehead atoms. The maximum atomic E-state index is 13.5. The zero-order valence-corrected chi connectivity index (χ0v) is 18.8. The molecule has 0 spiro atoms. The van der Waals surface area contributed by atoms with Gasteiger partial charge in [0.05, 0.1) is 11.3 Å². The average molecular weight is 427 g/mol. The summed E-state index contributed by atoms with van der Waals surface area (Å²) >= 11 is 1.67. The first kappa shape index (κ1) is 22.1. The van der Waals surface area contributed by atoms with Crippen LogP contribution in [0.15, 0.2) is 53.4 Å². The Labute approximate surface area is 181 Å². The topological polar surface area (TPSA) is 44.1 Å². The molecule has 3 aromatic rings. The number of ether oxygens (including phenoxy) is 1. The van der Waals surface area contributed by atoms with Gasteiger partial charge in [0.2, 0.25) is 5.88 Å². The number of halogens is 1. The van der Waals surface area contributed by atoms with Crippen LogP contribution in [0.3, 0.4) is 0 Å². The van der Waals surface area contributed by atoms with Gasteiger partial charge >= 0.3 is 0 Å². The van der Waals surface area contributed by atoms with Crippen molar-refractivity contribution in [3.05, 3.63) is 54.3 Å². The van der Waals surface area contributed by atoms with Crippen molar-refractivity contribution < 1.29 is 13.9 Å². The average Bonchev–Trinajstić information content (AvgIpc) is 3.10. The van der Waals surface area contributed by atoms with Gasteiger partial charge in [-0.1, -0.05) is 32.9 Å². The third kappa shape index (κ3) is 4.75. The summed E-state index contributed by atoms with van der Waals surface area (Å²) in [6.07, 6.45) is 2.03. The number of hydrogen-bond acceptors (Lipinski definition) is 4. The van der Waals surface area contributed by atoms with E-state index in [9.17, 15) is 9.18 Å². The number of Topliss-reactive ketones (excluding diaryl/α,β-unsaturated/α-hetero) is 1. The molecule has 0 saturated carbocycles. The number of carbonyl (C=O) groups is 1. The van der Waals surface area contributed by atoms with Gasteiger partial charge in [-0.3, -0.25) is 9.48 Å². The molecule has 0 atom stereocenters. The van der Waals surface area contributed by atoms with E-state index >= 15 is 0 Å². The molecular weight excluding hydrogens is 399 g/mol. The molecule has 0 fully saturated rings. The molecule has 0 unspecified atom stereocenters. The van der Waals surface area contributed by atoms with Gasteiger partial charge < -0.3 is 4.74 Å². The van der Waals surface area contributed by atoms with E-state index in [2.05, 4.69) is 5.10 Å². The number of benzene rings is 2. The molecule has 1 aromatic heterocycles. The number of ketones is 1.